The number of amides is 1. The van der Waals surface area contributed by atoms with Crippen LogP contribution in [0.2, 0.25) is 0 Å². The van der Waals surface area contributed by atoms with Crippen molar-refractivity contribution in [3.8, 4) is 5.88 Å². The smallest absolute Gasteiger partial charge is 0.261 e. The number of halogens is 1. The Morgan fingerprint density at radius 3 is 2.85 bits per heavy atom. The van der Waals surface area contributed by atoms with Crippen LogP contribution in [0.15, 0.2) is 0 Å². The molecular weight excluding hydrogens is 376 g/mol. The minimum absolute atomic E-state index is 0. The molecule has 1 saturated heterocycles. The molecule has 1 atom stereocenters. The Balaban J connectivity index is 0.00000243. The normalized spacial score (nSPS) is 17.0. The van der Waals surface area contributed by atoms with Crippen LogP contribution in [-0.4, -0.2) is 49.7 Å². The number of carbonyl (C=O) groups excluding carboxylic acids is 1. The molecule has 2 aromatic heterocycles. The van der Waals surface area contributed by atoms with Crippen LogP contribution >= 0.6 is 23.7 Å². The number of methoxy groups -OCH3 is 2. The van der Waals surface area contributed by atoms with Gasteiger partial charge in [-0.15, -0.1) is 23.7 Å². The van der Waals surface area contributed by atoms with Crippen LogP contribution in [0.25, 0.3) is 10.2 Å². The second-order valence-corrected chi connectivity index (χ2v) is 7.24. The van der Waals surface area contributed by atoms with Crippen molar-refractivity contribution in [3.05, 3.63) is 16.3 Å². The molecule has 1 amide bonds. The highest BCUT2D eigenvalue weighted by molar-refractivity contribution is 7.20. The minimum atomic E-state index is -0.0542. The standard InChI is InChI=1S/C17H24N4O3S.ClH/c1-10-13-16(24-3)20-12(9-23-2)21-17(13)25-14(10)15(22)19-8-11-5-4-6-18-7-11;/h11,18H,4-9H2,1-3H3,(H,19,22);1H. The van der Waals surface area contributed by atoms with Crippen molar-refractivity contribution in [2.75, 3.05) is 33.9 Å². The van der Waals surface area contributed by atoms with Crippen LogP contribution in [0.4, 0.5) is 0 Å². The number of fused-ring (bicyclic) bond motifs is 1. The highest BCUT2D eigenvalue weighted by Crippen LogP contribution is 2.35. The molecule has 1 aliphatic heterocycles. The van der Waals surface area contributed by atoms with Crippen molar-refractivity contribution in [2.45, 2.75) is 26.4 Å². The van der Waals surface area contributed by atoms with E-state index in [9.17, 15) is 4.79 Å². The molecular formula is C17H25ClN4O3S. The number of rotatable bonds is 6. The molecule has 1 fully saturated rings. The van der Waals surface area contributed by atoms with Crippen molar-refractivity contribution >= 4 is 39.9 Å². The van der Waals surface area contributed by atoms with Gasteiger partial charge in [0, 0.05) is 13.7 Å². The predicted octanol–water partition coefficient (Wildman–Crippen LogP) is 2.31. The van der Waals surface area contributed by atoms with Crippen LogP contribution < -0.4 is 15.4 Å². The first-order chi connectivity index (χ1) is 12.1. The van der Waals surface area contributed by atoms with Crippen molar-refractivity contribution < 1.29 is 14.3 Å². The van der Waals surface area contributed by atoms with Crippen LogP contribution in [-0.2, 0) is 11.3 Å². The van der Waals surface area contributed by atoms with E-state index in [2.05, 4.69) is 20.6 Å². The molecule has 3 heterocycles. The maximum atomic E-state index is 12.7. The van der Waals surface area contributed by atoms with Gasteiger partial charge in [0.25, 0.3) is 5.91 Å². The first kappa shape index (κ1) is 20.8. The van der Waals surface area contributed by atoms with Gasteiger partial charge in [-0.25, -0.2) is 4.98 Å². The Morgan fingerprint density at radius 1 is 1.38 bits per heavy atom. The lowest BCUT2D eigenvalue weighted by Gasteiger charge is -2.22. The summed E-state index contributed by atoms with van der Waals surface area (Å²) in [5, 5.41) is 7.24. The number of nitrogens with zero attached hydrogens (tertiary/aromatic N) is 2. The summed E-state index contributed by atoms with van der Waals surface area (Å²) in [5.74, 6) is 1.48. The van der Waals surface area contributed by atoms with Crippen LogP contribution in [0.5, 0.6) is 5.88 Å². The summed E-state index contributed by atoms with van der Waals surface area (Å²) in [7, 11) is 3.17. The summed E-state index contributed by atoms with van der Waals surface area (Å²) in [4.78, 5) is 22.9. The molecule has 1 unspecified atom stereocenters. The number of hydrogen-bond donors (Lipinski definition) is 2. The topological polar surface area (TPSA) is 85.4 Å². The molecule has 9 heteroatoms. The van der Waals surface area contributed by atoms with E-state index < -0.39 is 0 Å². The Bertz CT molecular complexity index is 762. The zero-order valence-corrected chi connectivity index (χ0v) is 16.9. The molecule has 1 aliphatic rings. The van der Waals surface area contributed by atoms with Gasteiger partial charge in [0.1, 0.15) is 11.4 Å². The first-order valence-electron chi connectivity index (χ1n) is 8.46. The van der Waals surface area contributed by atoms with E-state index in [1.165, 1.54) is 11.3 Å². The van der Waals surface area contributed by atoms with E-state index in [4.69, 9.17) is 9.47 Å². The average Bonchev–Trinajstić information content (AvgIpc) is 2.97. The van der Waals surface area contributed by atoms with E-state index >= 15 is 0 Å². The summed E-state index contributed by atoms with van der Waals surface area (Å²) in [6.45, 7) is 4.95. The molecule has 3 rings (SSSR count). The molecule has 7 nitrogen and oxygen atoms in total. The number of thiophene rings is 1. The lowest BCUT2D eigenvalue weighted by atomic mass is 10.00. The maximum absolute atomic E-state index is 12.7. The van der Waals surface area contributed by atoms with Crippen LogP contribution in [0.1, 0.15) is 33.9 Å². The lowest BCUT2D eigenvalue weighted by Crippen LogP contribution is -2.38. The summed E-state index contributed by atoms with van der Waals surface area (Å²) in [5.41, 5.74) is 0.861. The monoisotopic (exact) mass is 400 g/mol. The molecule has 0 radical (unpaired) electrons. The van der Waals surface area contributed by atoms with Gasteiger partial charge >= 0.3 is 0 Å². The summed E-state index contributed by atoms with van der Waals surface area (Å²) < 4.78 is 10.5. The number of aromatic nitrogens is 2. The van der Waals surface area contributed by atoms with Crippen LogP contribution in [0.3, 0.4) is 0 Å². The van der Waals surface area contributed by atoms with Gasteiger partial charge in [0.2, 0.25) is 5.88 Å². The van der Waals surface area contributed by atoms with Gasteiger partial charge in [-0.3, -0.25) is 4.79 Å². The lowest BCUT2D eigenvalue weighted by molar-refractivity contribution is 0.0948. The first-order valence-corrected chi connectivity index (χ1v) is 9.27. The van der Waals surface area contributed by atoms with Crippen molar-refractivity contribution in [2.24, 2.45) is 5.92 Å². The zero-order chi connectivity index (χ0) is 17.8. The molecule has 2 N–H and O–H groups in total. The Hall–Kier alpha value is -1.48. The molecule has 144 valence electrons. The van der Waals surface area contributed by atoms with Gasteiger partial charge < -0.3 is 20.1 Å². The zero-order valence-electron chi connectivity index (χ0n) is 15.3. The SMILES string of the molecule is COCc1nc(OC)c2c(C)c(C(=O)NCC3CCCNC3)sc2n1.Cl. The molecule has 2 aromatic rings. The number of ether oxygens (including phenoxy) is 2. The second-order valence-electron chi connectivity index (χ2n) is 6.24. The summed E-state index contributed by atoms with van der Waals surface area (Å²) in [6.07, 6.45) is 2.32. The third-order valence-corrected chi connectivity index (χ3v) is 5.61. The van der Waals surface area contributed by atoms with Gasteiger partial charge in [-0.2, -0.15) is 4.98 Å². The number of nitrogens with one attached hydrogen (secondary N) is 2. The van der Waals surface area contributed by atoms with Crippen LogP contribution in [0, 0.1) is 12.8 Å². The highest BCUT2D eigenvalue weighted by atomic mass is 35.5. The molecule has 0 saturated carbocycles. The third-order valence-electron chi connectivity index (χ3n) is 4.43. The maximum Gasteiger partial charge on any atom is 0.261 e. The molecule has 0 bridgehead atoms. The fourth-order valence-electron chi connectivity index (χ4n) is 3.12. The molecule has 26 heavy (non-hydrogen) atoms. The van der Waals surface area contributed by atoms with E-state index in [1.807, 2.05) is 6.92 Å². The van der Waals surface area contributed by atoms with E-state index in [1.54, 1.807) is 14.2 Å². The fraction of sp³-hybridized carbons (Fsp3) is 0.588. The van der Waals surface area contributed by atoms with E-state index in [0.29, 0.717) is 35.7 Å². The highest BCUT2D eigenvalue weighted by Gasteiger charge is 2.22. The largest absolute Gasteiger partial charge is 0.480 e. The number of aryl methyl sites for hydroxylation is 1. The summed E-state index contributed by atoms with van der Waals surface area (Å²) >= 11 is 1.37. The molecule has 0 spiro atoms. The van der Waals surface area contributed by atoms with Crippen molar-refractivity contribution in [1.82, 2.24) is 20.6 Å². The quantitative estimate of drug-likeness (QED) is 0.773. The Morgan fingerprint density at radius 2 is 2.19 bits per heavy atom. The Kier molecular flexibility index (Phi) is 7.57. The van der Waals surface area contributed by atoms with Gasteiger partial charge in [0.15, 0.2) is 5.82 Å². The van der Waals surface area contributed by atoms with E-state index in [0.717, 1.165) is 41.7 Å². The van der Waals surface area contributed by atoms with Crippen molar-refractivity contribution in [3.63, 3.8) is 0 Å². The number of carbonyl (C=O) groups is 1. The average molecular weight is 401 g/mol. The second kappa shape index (κ2) is 9.45. The van der Waals surface area contributed by atoms with Gasteiger partial charge in [-0.1, -0.05) is 0 Å². The predicted molar refractivity (Wildman–Crippen MR) is 105 cm³/mol. The van der Waals surface area contributed by atoms with Gasteiger partial charge in [0.05, 0.1) is 17.4 Å². The fourth-order valence-corrected chi connectivity index (χ4v) is 4.22. The van der Waals surface area contributed by atoms with Gasteiger partial charge in [-0.05, 0) is 44.3 Å². The number of piperidine rings is 1. The number of hydrogen-bond acceptors (Lipinski definition) is 7. The van der Waals surface area contributed by atoms with E-state index in [-0.39, 0.29) is 18.3 Å². The minimum Gasteiger partial charge on any atom is -0.480 e. The molecule has 0 aliphatic carbocycles. The van der Waals surface area contributed by atoms with Crippen molar-refractivity contribution in [1.29, 1.82) is 0 Å². The molecule has 0 aromatic carbocycles. The third kappa shape index (κ3) is 4.43. The summed E-state index contributed by atoms with van der Waals surface area (Å²) in [6, 6.07) is 0. The Labute approximate surface area is 163 Å².